The molecule has 0 aliphatic carbocycles. The Morgan fingerprint density at radius 2 is 1.43 bits per heavy atom. The van der Waals surface area contributed by atoms with Crippen LogP contribution in [-0.4, -0.2) is 62.6 Å². The maximum Gasteiger partial charge on any atom is 0.191 e. The lowest BCUT2D eigenvalue weighted by Gasteiger charge is -2.34. The SMILES string of the molecule is CCN1CCN(Cc2ccccc2CNC(=NC)NCc2ccccc2OC)CC1. The molecule has 0 amide bonds. The van der Waals surface area contributed by atoms with Crippen molar-refractivity contribution in [1.82, 2.24) is 20.4 Å². The van der Waals surface area contributed by atoms with Crippen molar-refractivity contribution in [3.05, 3.63) is 65.2 Å². The first-order valence-corrected chi connectivity index (χ1v) is 10.8. The number of hydrogen-bond donors (Lipinski definition) is 2. The van der Waals surface area contributed by atoms with Crippen molar-refractivity contribution in [3.8, 4) is 5.75 Å². The van der Waals surface area contributed by atoms with Crippen molar-refractivity contribution in [2.45, 2.75) is 26.6 Å². The number of nitrogens with one attached hydrogen (secondary N) is 2. The molecule has 1 aliphatic heterocycles. The van der Waals surface area contributed by atoms with E-state index in [0.29, 0.717) is 6.54 Å². The predicted molar refractivity (Wildman–Crippen MR) is 124 cm³/mol. The Morgan fingerprint density at radius 1 is 0.867 bits per heavy atom. The van der Waals surface area contributed by atoms with Gasteiger partial charge in [-0.1, -0.05) is 49.4 Å². The van der Waals surface area contributed by atoms with Crippen molar-refractivity contribution < 1.29 is 4.74 Å². The van der Waals surface area contributed by atoms with E-state index in [1.165, 1.54) is 11.1 Å². The van der Waals surface area contributed by atoms with Crippen LogP contribution in [0.5, 0.6) is 5.75 Å². The minimum atomic E-state index is 0.660. The number of para-hydroxylation sites is 1. The third-order valence-electron chi connectivity index (χ3n) is 5.73. The Bertz CT molecular complexity index is 815. The summed E-state index contributed by atoms with van der Waals surface area (Å²) >= 11 is 0. The molecule has 30 heavy (non-hydrogen) atoms. The third kappa shape index (κ3) is 6.21. The molecule has 2 aromatic rings. The van der Waals surface area contributed by atoms with Crippen LogP contribution in [0.25, 0.3) is 0 Å². The number of methoxy groups -OCH3 is 1. The maximum atomic E-state index is 5.43. The van der Waals surface area contributed by atoms with Crippen LogP contribution in [0.15, 0.2) is 53.5 Å². The number of hydrogen-bond acceptors (Lipinski definition) is 4. The summed E-state index contributed by atoms with van der Waals surface area (Å²) in [5.74, 6) is 1.67. The van der Waals surface area contributed by atoms with Crippen molar-refractivity contribution >= 4 is 5.96 Å². The molecule has 6 nitrogen and oxygen atoms in total. The van der Waals surface area contributed by atoms with E-state index in [2.05, 4.69) is 62.7 Å². The number of guanidine groups is 1. The van der Waals surface area contributed by atoms with E-state index in [4.69, 9.17) is 4.74 Å². The Morgan fingerprint density at radius 3 is 2.07 bits per heavy atom. The van der Waals surface area contributed by atoms with E-state index in [1.807, 2.05) is 18.2 Å². The fourth-order valence-corrected chi connectivity index (χ4v) is 3.82. The Kier molecular flexibility index (Phi) is 8.53. The highest BCUT2D eigenvalue weighted by atomic mass is 16.5. The summed E-state index contributed by atoms with van der Waals surface area (Å²) in [5.41, 5.74) is 3.81. The Balaban J connectivity index is 1.54. The van der Waals surface area contributed by atoms with E-state index in [0.717, 1.165) is 63.1 Å². The smallest absolute Gasteiger partial charge is 0.191 e. The van der Waals surface area contributed by atoms with Gasteiger partial charge in [0, 0.05) is 58.4 Å². The van der Waals surface area contributed by atoms with Crippen LogP contribution in [0.2, 0.25) is 0 Å². The maximum absolute atomic E-state index is 5.43. The second kappa shape index (κ2) is 11.6. The molecule has 1 saturated heterocycles. The van der Waals surface area contributed by atoms with Gasteiger partial charge in [0.15, 0.2) is 5.96 Å². The molecule has 162 valence electrons. The van der Waals surface area contributed by atoms with Gasteiger partial charge in [-0.05, 0) is 23.7 Å². The van der Waals surface area contributed by atoms with E-state index < -0.39 is 0 Å². The van der Waals surface area contributed by atoms with Crippen LogP contribution in [0.4, 0.5) is 0 Å². The minimum Gasteiger partial charge on any atom is -0.496 e. The molecular formula is C24H35N5O. The molecule has 1 aliphatic rings. The summed E-state index contributed by atoms with van der Waals surface area (Å²) in [6.45, 7) is 10.4. The summed E-state index contributed by atoms with van der Waals surface area (Å²) in [6.07, 6.45) is 0. The Labute approximate surface area is 180 Å². The predicted octanol–water partition coefficient (Wildman–Crippen LogP) is 2.70. The van der Waals surface area contributed by atoms with Crippen LogP contribution >= 0.6 is 0 Å². The molecule has 0 radical (unpaired) electrons. The normalized spacial score (nSPS) is 15.8. The molecule has 0 atom stereocenters. The number of piperazine rings is 1. The van der Waals surface area contributed by atoms with Gasteiger partial charge >= 0.3 is 0 Å². The van der Waals surface area contributed by atoms with Crippen molar-refractivity contribution in [1.29, 1.82) is 0 Å². The van der Waals surface area contributed by atoms with Gasteiger partial charge in [0.2, 0.25) is 0 Å². The number of benzene rings is 2. The highest BCUT2D eigenvalue weighted by molar-refractivity contribution is 5.79. The summed E-state index contributed by atoms with van der Waals surface area (Å²) in [7, 11) is 3.50. The zero-order chi connectivity index (χ0) is 21.2. The molecule has 6 heteroatoms. The molecule has 0 aromatic heterocycles. The van der Waals surface area contributed by atoms with Crippen LogP contribution in [0.1, 0.15) is 23.6 Å². The third-order valence-corrected chi connectivity index (χ3v) is 5.73. The summed E-state index contributed by atoms with van der Waals surface area (Å²) in [4.78, 5) is 9.44. The largest absolute Gasteiger partial charge is 0.496 e. The quantitative estimate of drug-likeness (QED) is 0.519. The van der Waals surface area contributed by atoms with Gasteiger partial charge in [-0.3, -0.25) is 9.89 Å². The first-order valence-electron chi connectivity index (χ1n) is 10.8. The average Bonchev–Trinajstić information content (AvgIpc) is 2.81. The van der Waals surface area contributed by atoms with Gasteiger partial charge in [-0.25, -0.2) is 0 Å². The fraction of sp³-hybridized carbons (Fsp3) is 0.458. The van der Waals surface area contributed by atoms with E-state index in [9.17, 15) is 0 Å². The van der Waals surface area contributed by atoms with Crippen LogP contribution in [-0.2, 0) is 19.6 Å². The minimum absolute atomic E-state index is 0.660. The van der Waals surface area contributed by atoms with E-state index in [-0.39, 0.29) is 0 Å². The molecule has 0 spiro atoms. The second-order valence-electron chi connectivity index (χ2n) is 7.57. The standard InChI is InChI=1S/C24H35N5O/c1-4-28-13-15-29(16-14-28)19-22-11-6-5-9-20(22)17-26-24(25-2)27-18-21-10-7-8-12-23(21)30-3/h5-12H,4,13-19H2,1-3H3,(H2,25,26,27). The van der Waals surface area contributed by atoms with Gasteiger partial charge in [-0.2, -0.15) is 0 Å². The topological polar surface area (TPSA) is 52.1 Å². The molecule has 2 aromatic carbocycles. The van der Waals surface area contributed by atoms with Crippen LogP contribution < -0.4 is 15.4 Å². The molecule has 0 unspecified atom stereocenters. The number of nitrogens with zero attached hydrogens (tertiary/aromatic N) is 3. The summed E-state index contributed by atoms with van der Waals surface area (Å²) < 4.78 is 5.43. The lowest BCUT2D eigenvalue weighted by Crippen LogP contribution is -2.45. The van der Waals surface area contributed by atoms with Gasteiger partial charge < -0.3 is 20.3 Å². The monoisotopic (exact) mass is 409 g/mol. The number of ether oxygens (including phenoxy) is 1. The second-order valence-corrected chi connectivity index (χ2v) is 7.57. The van der Waals surface area contributed by atoms with Crippen LogP contribution in [0.3, 0.4) is 0 Å². The highest BCUT2D eigenvalue weighted by Crippen LogP contribution is 2.17. The van der Waals surface area contributed by atoms with E-state index in [1.54, 1.807) is 14.2 Å². The fourth-order valence-electron chi connectivity index (χ4n) is 3.82. The summed E-state index contributed by atoms with van der Waals surface area (Å²) in [5, 5.41) is 6.84. The molecular weight excluding hydrogens is 374 g/mol. The van der Waals surface area contributed by atoms with Crippen molar-refractivity contribution in [3.63, 3.8) is 0 Å². The molecule has 1 fully saturated rings. The summed E-state index contributed by atoms with van der Waals surface area (Å²) in [6, 6.07) is 16.7. The highest BCUT2D eigenvalue weighted by Gasteiger charge is 2.16. The first kappa shape index (κ1) is 22.1. The van der Waals surface area contributed by atoms with E-state index >= 15 is 0 Å². The van der Waals surface area contributed by atoms with Crippen molar-refractivity contribution in [2.24, 2.45) is 4.99 Å². The van der Waals surface area contributed by atoms with Gasteiger partial charge in [0.25, 0.3) is 0 Å². The zero-order valence-electron chi connectivity index (χ0n) is 18.5. The van der Waals surface area contributed by atoms with Crippen molar-refractivity contribution in [2.75, 3.05) is 46.9 Å². The molecule has 2 N–H and O–H groups in total. The Hall–Kier alpha value is -2.57. The lowest BCUT2D eigenvalue weighted by molar-refractivity contribution is 0.131. The number of rotatable bonds is 8. The van der Waals surface area contributed by atoms with Gasteiger partial charge in [-0.15, -0.1) is 0 Å². The zero-order valence-corrected chi connectivity index (χ0v) is 18.5. The van der Waals surface area contributed by atoms with Crippen LogP contribution in [0, 0.1) is 0 Å². The lowest BCUT2D eigenvalue weighted by atomic mass is 10.1. The van der Waals surface area contributed by atoms with Gasteiger partial charge in [0.1, 0.15) is 5.75 Å². The average molecular weight is 410 g/mol. The molecule has 3 rings (SSSR count). The molecule has 0 saturated carbocycles. The molecule has 1 heterocycles. The number of aliphatic imine (C=N–C) groups is 1. The van der Waals surface area contributed by atoms with Gasteiger partial charge in [0.05, 0.1) is 7.11 Å². The number of likely N-dealkylation sites (N-methyl/N-ethyl adjacent to an activating group) is 1. The first-order chi connectivity index (χ1) is 14.7. The molecule has 0 bridgehead atoms.